The fourth-order valence-electron chi connectivity index (χ4n) is 4.81. The Labute approximate surface area is 185 Å². The quantitative estimate of drug-likeness (QED) is 0.276. The van der Waals surface area contributed by atoms with Gasteiger partial charge in [0.05, 0.1) is 21.4 Å². The van der Waals surface area contributed by atoms with Crippen LogP contribution in [0.1, 0.15) is 26.3 Å². The van der Waals surface area contributed by atoms with Gasteiger partial charge < -0.3 is 4.57 Å². The summed E-state index contributed by atoms with van der Waals surface area (Å²) in [6.07, 6.45) is 4.95. The van der Waals surface area contributed by atoms with Crippen molar-refractivity contribution in [3.05, 3.63) is 84.7 Å². The summed E-state index contributed by atoms with van der Waals surface area (Å²) in [6, 6.07) is 24.4. The van der Waals surface area contributed by atoms with Crippen LogP contribution in [0.2, 0.25) is 0 Å². The van der Waals surface area contributed by atoms with Crippen molar-refractivity contribution in [1.82, 2.24) is 9.55 Å². The number of pyridine rings is 1. The second-order valence-corrected chi connectivity index (χ2v) is 10.6. The normalized spacial score (nSPS) is 12.5. The molecule has 0 unspecified atom stereocenters. The zero-order valence-corrected chi connectivity index (χ0v) is 18.8. The molecule has 152 valence electrons. The van der Waals surface area contributed by atoms with Crippen molar-refractivity contribution in [3.8, 4) is 5.69 Å². The minimum Gasteiger partial charge on any atom is -0.307 e. The van der Waals surface area contributed by atoms with E-state index in [1.54, 1.807) is 0 Å². The van der Waals surface area contributed by atoms with Crippen molar-refractivity contribution < 1.29 is 0 Å². The van der Waals surface area contributed by atoms with Gasteiger partial charge in [-0.1, -0.05) is 63.2 Å². The topological polar surface area (TPSA) is 17.8 Å². The number of para-hydroxylation sites is 1. The van der Waals surface area contributed by atoms with Gasteiger partial charge >= 0.3 is 0 Å². The smallest absolute Gasteiger partial charge is 0.0728 e. The summed E-state index contributed by atoms with van der Waals surface area (Å²) >= 11 is 1.89. The van der Waals surface area contributed by atoms with Gasteiger partial charge in [0.15, 0.2) is 0 Å². The molecule has 6 aromatic rings. The first-order chi connectivity index (χ1) is 15.0. The fourth-order valence-corrected chi connectivity index (χ4v) is 6.03. The lowest BCUT2D eigenvalue weighted by atomic mass is 9.87. The van der Waals surface area contributed by atoms with E-state index in [1.807, 2.05) is 23.7 Å². The second-order valence-electron chi connectivity index (χ2n) is 9.58. The van der Waals surface area contributed by atoms with Crippen molar-refractivity contribution in [2.75, 3.05) is 0 Å². The molecule has 0 amide bonds. The van der Waals surface area contributed by atoms with Crippen LogP contribution in [0.5, 0.6) is 0 Å². The molecule has 0 saturated heterocycles. The molecule has 0 aliphatic carbocycles. The van der Waals surface area contributed by atoms with E-state index in [-0.39, 0.29) is 5.41 Å². The molecule has 0 aliphatic rings. The van der Waals surface area contributed by atoms with Crippen molar-refractivity contribution >= 4 is 53.3 Å². The number of thiophene rings is 1. The summed E-state index contributed by atoms with van der Waals surface area (Å²) in [4.78, 5) is 4.49. The number of hydrogen-bond donors (Lipinski definition) is 0. The molecular formula is C28H24N2S. The first-order valence-corrected chi connectivity index (χ1v) is 11.6. The highest BCUT2D eigenvalue weighted by Crippen LogP contribution is 2.43. The monoisotopic (exact) mass is 420 g/mol. The summed E-state index contributed by atoms with van der Waals surface area (Å²) in [5.74, 6) is 0. The Bertz CT molecular complexity index is 1590. The van der Waals surface area contributed by atoms with Crippen LogP contribution < -0.4 is 0 Å². The third kappa shape index (κ3) is 2.95. The lowest BCUT2D eigenvalue weighted by molar-refractivity contribution is 0.411. The Balaban J connectivity index is 1.79. The summed E-state index contributed by atoms with van der Waals surface area (Å²) < 4.78 is 5.16. The molecule has 0 bridgehead atoms. The maximum atomic E-state index is 4.49. The average molecular weight is 421 g/mol. The van der Waals surface area contributed by atoms with Crippen LogP contribution in [-0.4, -0.2) is 9.55 Å². The molecule has 2 nitrogen and oxygen atoms in total. The molecule has 0 N–H and O–H groups in total. The standard InChI is InChI=1S/C28H24N2S/c1-28(2,3)16-18-14-19-12-13-29-17-22(19)24(15-18)30-23-10-6-4-8-20(23)27-26(30)21-9-5-7-11-25(21)31-27/h4-15,17H,16H2,1-3H3. The number of rotatable bonds is 2. The molecule has 3 aromatic carbocycles. The summed E-state index contributed by atoms with van der Waals surface area (Å²) in [5, 5.41) is 5.07. The number of fused-ring (bicyclic) bond motifs is 6. The first-order valence-electron chi connectivity index (χ1n) is 10.8. The molecule has 3 heterocycles. The molecule has 0 saturated carbocycles. The van der Waals surface area contributed by atoms with Crippen LogP contribution in [0, 0.1) is 5.41 Å². The van der Waals surface area contributed by atoms with Gasteiger partial charge in [-0.3, -0.25) is 4.98 Å². The van der Waals surface area contributed by atoms with Gasteiger partial charge in [-0.2, -0.15) is 0 Å². The Kier molecular flexibility index (Phi) is 4.00. The van der Waals surface area contributed by atoms with Gasteiger partial charge in [0.25, 0.3) is 0 Å². The lowest BCUT2D eigenvalue weighted by Gasteiger charge is -2.20. The SMILES string of the molecule is CC(C)(C)Cc1cc(-n2c3ccccc3c3sc4ccccc4c32)c2cnccc2c1. The van der Waals surface area contributed by atoms with E-state index in [0.717, 1.165) is 6.42 Å². The number of hydrogen-bond acceptors (Lipinski definition) is 2. The van der Waals surface area contributed by atoms with E-state index in [9.17, 15) is 0 Å². The highest BCUT2D eigenvalue weighted by atomic mass is 32.1. The molecule has 3 heteroatoms. The number of aromatic nitrogens is 2. The van der Waals surface area contributed by atoms with Crippen LogP contribution >= 0.6 is 11.3 Å². The molecule has 0 aliphatic heterocycles. The highest BCUT2D eigenvalue weighted by molar-refractivity contribution is 7.26. The Morgan fingerprint density at radius 2 is 1.65 bits per heavy atom. The Hall–Kier alpha value is -3.17. The van der Waals surface area contributed by atoms with Crippen LogP contribution in [-0.2, 0) is 6.42 Å². The maximum Gasteiger partial charge on any atom is 0.0728 e. The number of nitrogens with zero attached hydrogens (tertiary/aromatic N) is 2. The predicted octanol–water partition coefficient (Wildman–Crippen LogP) is 8.14. The van der Waals surface area contributed by atoms with Crippen molar-refractivity contribution in [1.29, 1.82) is 0 Å². The molecule has 31 heavy (non-hydrogen) atoms. The fraction of sp³-hybridized carbons (Fsp3) is 0.179. The Morgan fingerprint density at radius 3 is 2.48 bits per heavy atom. The predicted molar refractivity (Wildman–Crippen MR) is 135 cm³/mol. The molecular weight excluding hydrogens is 396 g/mol. The van der Waals surface area contributed by atoms with Gasteiger partial charge in [-0.05, 0) is 47.1 Å². The number of benzene rings is 3. The van der Waals surface area contributed by atoms with E-state index >= 15 is 0 Å². The van der Waals surface area contributed by atoms with E-state index < -0.39 is 0 Å². The second kappa shape index (κ2) is 6.66. The summed E-state index contributed by atoms with van der Waals surface area (Å²) in [5.41, 5.74) is 5.37. The van der Waals surface area contributed by atoms with Crippen molar-refractivity contribution in [2.45, 2.75) is 27.2 Å². The minimum absolute atomic E-state index is 0.223. The summed E-state index contributed by atoms with van der Waals surface area (Å²) in [6.45, 7) is 6.91. The molecule has 0 radical (unpaired) electrons. The van der Waals surface area contributed by atoms with Crippen molar-refractivity contribution in [2.24, 2.45) is 5.41 Å². The Morgan fingerprint density at radius 1 is 0.871 bits per heavy atom. The third-order valence-corrected chi connectivity index (χ3v) is 7.14. The zero-order chi connectivity index (χ0) is 21.2. The average Bonchev–Trinajstić information content (AvgIpc) is 3.27. The molecule has 3 aromatic heterocycles. The minimum atomic E-state index is 0.223. The van der Waals surface area contributed by atoms with Crippen LogP contribution in [0.3, 0.4) is 0 Å². The van der Waals surface area contributed by atoms with E-state index in [0.29, 0.717) is 0 Å². The largest absolute Gasteiger partial charge is 0.307 e. The van der Waals surface area contributed by atoms with Gasteiger partial charge in [-0.15, -0.1) is 11.3 Å². The molecule has 0 atom stereocenters. The van der Waals surface area contributed by atoms with E-state index in [1.165, 1.54) is 53.2 Å². The van der Waals surface area contributed by atoms with Gasteiger partial charge in [0.2, 0.25) is 0 Å². The first kappa shape index (κ1) is 18.6. The van der Waals surface area contributed by atoms with Crippen LogP contribution in [0.4, 0.5) is 0 Å². The van der Waals surface area contributed by atoms with Gasteiger partial charge in [-0.25, -0.2) is 0 Å². The van der Waals surface area contributed by atoms with Gasteiger partial charge in [0.1, 0.15) is 0 Å². The zero-order valence-electron chi connectivity index (χ0n) is 18.0. The third-order valence-electron chi connectivity index (χ3n) is 5.95. The van der Waals surface area contributed by atoms with E-state index in [4.69, 9.17) is 0 Å². The van der Waals surface area contributed by atoms with Crippen LogP contribution in [0.25, 0.3) is 47.7 Å². The summed E-state index contributed by atoms with van der Waals surface area (Å²) in [7, 11) is 0. The van der Waals surface area contributed by atoms with E-state index in [2.05, 4.69) is 97.1 Å². The lowest BCUT2D eigenvalue weighted by Crippen LogP contribution is -2.09. The molecule has 0 spiro atoms. The van der Waals surface area contributed by atoms with Gasteiger partial charge in [0, 0.05) is 33.3 Å². The molecule has 6 rings (SSSR count). The molecule has 0 fully saturated rings. The highest BCUT2D eigenvalue weighted by Gasteiger charge is 2.20. The van der Waals surface area contributed by atoms with Crippen LogP contribution in [0.15, 0.2) is 79.1 Å². The van der Waals surface area contributed by atoms with Crippen molar-refractivity contribution in [3.63, 3.8) is 0 Å². The maximum absolute atomic E-state index is 4.49.